The molecule has 0 aromatic carbocycles. The average Bonchev–Trinajstić information content (AvgIpc) is 3.42. The van der Waals surface area contributed by atoms with Gasteiger partial charge < -0.3 is 19.1 Å². The van der Waals surface area contributed by atoms with E-state index >= 15 is 0 Å². The molecule has 1 aliphatic carbocycles. The highest BCUT2D eigenvalue weighted by atomic mass is 19.4. The molecule has 2 fully saturated rings. The molecule has 0 bridgehead atoms. The summed E-state index contributed by atoms with van der Waals surface area (Å²) in [5.41, 5.74) is -1.50. The van der Waals surface area contributed by atoms with Crippen molar-refractivity contribution in [1.29, 1.82) is 0 Å². The zero-order valence-electron chi connectivity index (χ0n) is 20.6. The molecule has 0 aromatic rings. The third-order valence-corrected chi connectivity index (χ3v) is 7.40. The fourth-order valence-electron chi connectivity index (χ4n) is 5.36. The molecule has 4 atom stereocenters. The first-order chi connectivity index (χ1) is 17.0. The van der Waals surface area contributed by atoms with E-state index < -0.39 is 41.3 Å². The van der Waals surface area contributed by atoms with Crippen LogP contribution in [-0.2, 0) is 23.8 Å². The average molecular weight is 513 g/mol. The highest BCUT2D eigenvalue weighted by Gasteiger charge is 2.57. The van der Waals surface area contributed by atoms with Gasteiger partial charge in [0.1, 0.15) is 17.4 Å². The molecule has 3 heterocycles. The summed E-state index contributed by atoms with van der Waals surface area (Å²) in [5, 5.41) is 0. The van der Waals surface area contributed by atoms with Gasteiger partial charge in [-0.05, 0) is 38.7 Å². The van der Waals surface area contributed by atoms with E-state index in [0.717, 1.165) is 6.42 Å². The van der Waals surface area contributed by atoms with Gasteiger partial charge in [-0.1, -0.05) is 19.4 Å². The Labute approximate surface area is 207 Å². The first kappa shape index (κ1) is 26.2. The Hall–Kier alpha value is -2.82. The van der Waals surface area contributed by atoms with Crippen LogP contribution in [0.2, 0.25) is 0 Å². The van der Waals surface area contributed by atoms with Crippen LogP contribution in [0.15, 0.2) is 35.1 Å². The van der Waals surface area contributed by atoms with Gasteiger partial charge in [0.25, 0.3) is 5.91 Å². The maximum atomic E-state index is 13.5. The van der Waals surface area contributed by atoms with Gasteiger partial charge in [-0.25, -0.2) is 9.59 Å². The number of alkyl halides is 3. The lowest BCUT2D eigenvalue weighted by atomic mass is 9.81. The molecule has 11 heteroatoms. The van der Waals surface area contributed by atoms with Crippen LogP contribution in [0.4, 0.5) is 18.0 Å². The lowest BCUT2D eigenvalue weighted by Gasteiger charge is -2.35. The Kier molecular flexibility index (Phi) is 7.23. The lowest BCUT2D eigenvalue weighted by Crippen LogP contribution is -2.54. The number of halogens is 3. The third kappa shape index (κ3) is 4.53. The summed E-state index contributed by atoms with van der Waals surface area (Å²) < 4.78 is 57.4. The van der Waals surface area contributed by atoms with Gasteiger partial charge in [0, 0.05) is 37.8 Å². The number of carbonyl (C=O) groups excluding carboxylic acids is 3. The monoisotopic (exact) mass is 512 g/mol. The summed E-state index contributed by atoms with van der Waals surface area (Å²) in [7, 11) is 1.60. The van der Waals surface area contributed by atoms with Crippen LogP contribution in [-0.4, -0.2) is 78.4 Å². The van der Waals surface area contributed by atoms with Gasteiger partial charge >= 0.3 is 18.2 Å². The van der Waals surface area contributed by atoms with E-state index in [2.05, 4.69) is 0 Å². The zero-order chi connectivity index (χ0) is 26.3. The third-order valence-electron chi connectivity index (χ3n) is 7.40. The molecular formula is C25H31F3N2O6. The molecule has 8 nitrogen and oxygen atoms in total. The van der Waals surface area contributed by atoms with Gasteiger partial charge in [0.05, 0.1) is 18.3 Å². The number of esters is 1. The number of ether oxygens (including phenoxy) is 3. The number of rotatable bonds is 8. The van der Waals surface area contributed by atoms with Gasteiger partial charge in [-0.3, -0.25) is 9.69 Å². The van der Waals surface area contributed by atoms with Crippen molar-refractivity contribution in [2.24, 2.45) is 5.92 Å². The van der Waals surface area contributed by atoms with Crippen molar-refractivity contribution >= 4 is 17.9 Å². The standard InChI is InChI=1S/C25H31F3N2O6/c1-4-7-16-18(10-9-15-17(25(26,27)28)14-20(31)36-21(15)16)34-13-6-11-30-22(32)24(2,29(3)23(30)33)19-8-5-12-35-19/h9-10,14-15,19,21H,4-8,11-13H2,1-3H3. The van der Waals surface area contributed by atoms with E-state index in [-0.39, 0.29) is 25.2 Å². The molecule has 0 saturated carbocycles. The van der Waals surface area contributed by atoms with E-state index in [1.807, 2.05) is 6.92 Å². The van der Waals surface area contributed by atoms with Crippen molar-refractivity contribution in [2.75, 3.05) is 26.8 Å². The minimum atomic E-state index is -4.65. The van der Waals surface area contributed by atoms with E-state index in [0.29, 0.717) is 49.7 Å². The highest BCUT2D eigenvalue weighted by molar-refractivity contribution is 6.07. The van der Waals surface area contributed by atoms with Crippen LogP contribution in [0.25, 0.3) is 0 Å². The van der Waals surface area contributed by atoms with Crippen molar-refractivity contribution < 1.29 is 41.8 Å². The molecule has 3 aliphatic heterocycles. The number of urea groups is 1. The second-order valence-electron chi connectivity index (χ2n) is 9.63. The van der Waals surface area contributed by atoms with Crippen molar-refractivity contribution in [3.8, 4) is 0 Å². The second kappa shape index (κ2) is 9.91. The molecule has 0 aromatic heterocycles. The number of likely N-dealkylation sites (N-methyl/N-ethyl adjacent to an activating group) is 1. The quantitative estimate of drug-likeness (QED) is 0.279. The normalized spacial score (nSPS) is 30.7. The predicted molar refractivity (Wildman–Crippen MR) is 121 cm³/mol. The molecule has 3 amide bonds. The van der Waals surface area contributed by atoms with E-state index in [1.165, 1.54) is 22.0 Å². The Morgan fingerprint density at radius 1 is 1.25 bits per heavy atom. The summed E-state index contributed by atoms with van der Waals surface area (Å²) in [4.78, 5) is 40.5. The molecular weight excluding hydrogens is 481 g/mol. The summed E-state index contributed by atoms with van der Waals surface area (Å²) in [6.07, 6.45) is 0.135. The van der Waals surface area contributed by atoms with Crippen LogP contribution in [0.5, 0.6) is 0 Å². The maximum Gasteiger partial charge on any atom is 0.413 e. The number of imide groups is 1. The minimum Gasteiger partial charge on any atom is -0.493 e. The van der Waals surface area contributed by atoms with Crippen LogP contribution >= 0.6 is 0 Å². The molecule has 4 rings (SSSR count). The van der Waals surface area contributed by atoms with Crippen molar-refractivity contribution in [3.63, 3.8) is 0 Å². The van der Waals surface area contributed by atoms with Crippen LogP contribution < -0.4 is 0 Å². The molecule has 2 saturated heterocycles. The summed E-state index contributed by atoms with van der Waals surface area (Å²) in [5.74, 6) is -2.11. The first-order valence-corrected chi connectivity index (χ1v) is 12.2. The highest BCUT2D eigenvalue weighted by Crippen LogP contribution is 2.43. The van der Waals surface area contributed by atoms with Crippen LogP contribution in [0, 0.1) is 5.92 Å². The predicted octanol–water partition coefficient (Wildman–Crippen LogP) is 3.88. The second-order valence-corrected chi connectivity index (χ2v) is 9.63. The zero-order valence-corrected chi connectivity index (χ0v) is 20.6. The molecule has 4 unspecified atom stereocenters. The minimum absolute atomic E-state index is 0.123. The topological polar surface area (TPSA) is 85.4 Å². The molecule has 0 N–H and O–H groups in total. The van der Waals surface area contributed by atoms with Crippen molar-refractivity contribution in [3.05, 3.63) is 35.1 Å². The summed E-state index contributed by atoms with van der Waals surface area (Å²) >= 11 is 0. The fraction of sp³-hybridized carbons (Fsp3) is 0.640. The number of allylic oxidation sites excluding steroid dienone is 1. The number of hydrogen-bond donors (Lipinski definition) is 0. The SMILES string of the molecule is CCCC1=C(OCCCN2C(=O)N(C)C(C)(C3CCCO3)C2=O)C=CC2C(C(F)(F)F)=CC(=O)OC12. The van der Waals surface area contributed by atoms with E-state index in [1.54, 1.807) is 14.0 Å². The van der Waals surface area contributed by atoms with Crippen molar-refractivity contribution in [2.45, 2.75) is 69.9 Å². The Balaban J connectivity index is 1.41. The Morgan fingerprint density at radius 2 is 2.00 bits per heavy atom. The molecule has 4 aliphatic rings. The molecule has 0 spiro atoms. The molecule has 36 heavy (non-hydrogen) atoms. The Bertz CT molecular complexity index is 1010. The number of hydrogen-bond acceptors (Lipinski definition) is 6. The van der Waals surface area contributed by atoms with Crippen LogP contribution in [0.1, 0.15) is 46.0 Å². The summed E-state index contributed by atoms with van der Waals surface area (Å²) in [6, 6.07) is -0.398. The van der Waals surface area contributed by atoms with Gasteiger partial charge in [-0.2, -0.15) is 13.2 Å². The van der Waals surface area contributed by atoms with Gasteiger partial charge in [0.2, 0.25) is 0 Å². The smallest absolute Gasteiger partial charge is 0.413 e. The van der Waals surface area contributed by atoms with Gasteiger partial charge in [-0.15, -0.1) is 0 Å². The number of carbonyl (C=O) groups is 3. The molecule has 198 valence electrons. The largest absolute Gasteiger partial charge is 0.493 e. The van der Waals surface area contributed by atoms with E-state index in [9.17, 15) is 27.6 Å². The molecule has 0 radical (unpaired) electrons. The Morgan fingerprint density at radius 3 is 2.64 bits per heavy atom. The lowest BCUT2D eigenvalue weighted by molar-refractivity contribution is -0.150. The van der Waals surface area contributed by atoms with E-state index in [4.69, 9.17) is 14.2 Å². The number of amides is 3. The fourth-order valence-corrected chi connectivity index (χ4v) is 5.36. The van der Waals surface area contributed by atoms with Crippen molar-refractivity contribution in [1.82, 2.24) is 9.80 Å². The van der Waals surface area contributed by atoms with Gasteiger partial charge in [0.15, 0.2) is 0 Å². The number of fused-ring (bicyclic) bond motifs is 1. The van der Waals surface area contributed by atoms with Crippen LogP contribution in [0.3, 0.4) is 0 Å². The first-order valence-electron chi connectivity index (χ1n) is 12.2. The summed E-state index contributed by atoms with van der Waals surface area (Å²) in [6.45, 7) is 4.41. The number of nitrogens with zero attached hydrogens (tertiary/aromatic N) is 2. The maximum absolute atomic E-state index is 13.5.